The van der Waals surface area contributed by atoms with Crippen LogP contribution in [0.15, 0.2) is 54.7 Å². The summed E-state index contributed by atoms with van der Waals surface area (Å²) in [6.45, 7) is 0.0216. The molecule has 0 radical (unpaired) electrons. The number of hydrogen-bond acceptors (Lipinski definition) is 5. The molecule has 1 heterocycles. The summed E-state index contributed by atoms with van der Waals surface area (Å²) in [5.41, 5.74) is 7.54. The second kappa shape index (κ2) is 11.1. The van der Waals surface area contributed by atoms with Crippen molar-refractivity contribution in [3.63, 3.8) is 0 Å². The lowest BCUT2D eigenvalue weighted by Crippen LogP contribution is -2.28. The predicted molar refractivity (Wildman–Crippen MR) is 134 cm³/mol. The Labute approximate surface area is 217 Å². The zero-order valence-electron chi connectivity index (χ0n) is 20.6. The SMILES string of the molecule is CN(Cc1cc(Oc2ccc3c(c2)CC(C(=O)Nc2cc(CN)cc(C(F)(F)F)c2)CC3)ccn1)C(=O)O. The summed E-state index contributed by atoms with van der Waals surface area (Å²) in [7, 11) is 1.44. The molecule has 0 aliphatic heterocycles. The van der Waals surface area contributed by atoms with Gasteiger partial charge in [0.2, 0.25) is 5.91 Å². The number of rotatable bonds is 7. The van der Waals surface area contributed by atoms with Crippen LogP contribution in [0.1, 0.15) is 34.4 Å². The minimum atomic E-state index is -4.55. The number of fused-ring (bicyclic) bond motifs is 1. The van der Waals surface area contributed by atoms with Gasteiger partial charge in [-0.3, -0.25) is 9.78 Å². The molecule has 1 unspecified atom stereocenters. The van der Waals surface area contributed by atoms with Crippen molar-refractivity contribution in [2.24, 2.45) is 11.7 Å². The standard InChI is InChI=1S/C27H27F3N4O4/c1-34(26(36)37)15-22-13-24(6-7-32-22)38-23-5-4-17-2-3-18(10-19(17)11-23)25(35)33-21-9-16(14-31)8-20(12-21)27(28,29)30/h4-9,11-13,18H,2-3,10,14-15,31H2,1H3,(H,33,35)(H,36,37). The molecule has 2 amide bonds. The average Bonchev–Trinajstić information content (AvgIpc) is 2.87. The highest BCUT2D eigenvalue weighted by Gasteiger charge is 2.32. The van der Waals surface area contributed by atoms with Crippen LogP contribution in [-0.2, 0) is 36.9 Å². The quantitative estimate of drug-likeness (QED) is 0.388. The molecule has 0 fully saturated rings. The van der Waals surface area contributed by atoms with Gasteiger partial charge in [0.25, 0.3) is 0 Å². The van der Waals surface area contributed by atoms with Crippen LogP contribution in [0.3, 0.4) is 0 Å². The molecule has 38 heavy (non-hydrogen) atoms. The minimum Gasteiger partial charge on any atom is -0.465 e. The number of nitrogens with one attached hydrogen (secondary N) is 1. The van der Waals surface area contributed by atoms with Gasteiger partial charge in [0.1, 0.15) is 11.5 Å². The molecule has 0 spiro atoms. The molecule has 1 aromatic heterocycles. The van der Waals surface area contributed by atoms with Crippen molar-refractivity contribution in [3.05, 3.63) is 82.7 Å². The number of alkyl halides is 3. The highest BCUT2D eigenvalue weighted by atomic mass is 19.4. The summed E-state index contributed by atoms with van der Waals surface area (Å²) in [5, 5.41) is 11.7. The summed E-state index contributed by atoms with van der Waals surface area (Å²) in [5.74, 6) is 0.247. The van der Waals surface area contributed by atoms with Gasteiger partial charge in [-0.05, 0) is 72.4 Å². The summed E-state index contributed by atoms with van der Waals surface area (Å²) < 4.78 is 45.7. The van der Waals surface area contributed by atoms with Crippen molar-refractivity contribution < 1.29 is 32.6 Å². The molecule has 8 nitrogen and oxygen atoms in total. The van der Waals surface area contributed by atoms with E-state index in [0.717, 1.165) is 28.2 Å². The zero-order valence-corrected chi connectivity index (χ0v) is 20.6. The molecule has 2 aromatic carbocycles. The minimum absolute atomic E-state index is 0.0650. The molecular formula is C27H27F3N4O4. The number of hydrogen-bond donors (Lipinski definition) is 3. The maximum absolute atomic E-state index is 13.3. The van der Waals surface area contributed by atoms with E-state index < -0.39 is 23.8 Å². The normalized spacial score (nSPS) is 14.9. The number of pyridine rings is 1. The molecule has 11 heteroatoms. The second-order valence-electron chi connectivity index (χ2n) is 9.20. The number of amides is 2. The Kier molecular flexibility index (Phi) is 7.86. The number of nitrogens with two attached hydrogens (primary N) is 1. The van der Waals surface area contributed by atoms with Gasteiger partial charge >= 0.3 is 12.3 Å². The Hall–Kier alpha value is -4.12. The maximum Gasteiger partial charge on any atom is 0.416 e. The Bertz CT molecular complexity index is 1350. The highest BCUT2D eigenvalue weighted by molar-refractivity contribution is 5.93. The zero-order chi connectivity index (χ0) is 27.4. The molecule has 4 rings (SSSR count). The van der Waals surface area contributed by atoms with Gasteiger partial charge in [-0.25, -0.2) is 4.79 Å². The van der Waals surface area contributed by atoms with Crippen LogP contribution < -0.4 is 15.8 Å². The fourth-order valence-corrected chi connectivity index (χ4v) is 4.36. The van der Waals surface area contributed by atoms with Gasteiger partial charge in [0.05, 0.1) is 17.8 Å². The van der Waals surface area contributed by atoms with Crippen molar-refractivity contribution in [2.75, 3.05) is 12.4 Å². The first-order valence-corrected chi connectivity index (χ1v) is 11.9. The van der Waals surface area contributed by atoms with Gasteiger partial charge < -0.3 is 25.8 Å². The van der Waals surface area contributed by atoms with Crippen LogP contribution in [-0.4, -0.2) is 34.0 Å². The molecule has 1 atom stereocenters. The Morgan fingerprint density at radius 1 is 1.13 bits per heavy atom. The summed E-state index contributed by atoms with van der Waals surface area (Å²) >= 11 is 0. The monoisotopic (exact) mass is 528 g/mol. The third kappa shape index (κ3) is 6.60. The number of carboxylic acid groups (broad SMARTS) is 1. The van der Waals surface area contributed by atoms with E-state index in [-0.39, 0.29) is 30.2 Å². The van der Waals surface area contributed by atoms with Gasteiger partial charge in [0, 0.05) is 37.5 Å². The van der Waals surface area contributed by atoms with E-state index in [4.69, 9.17) is 15.6 Å². The number of carbonyl (C=O) groups excluding carboxylic acids is 1. The average molecular weight is 529 g/mol. The lowest BCUT2D eigenvalue weighted by molar-refractivity contribution is -0.137. The van der Waals surface area contributed by atoms with E-state index in [1.165, 1.54) is 19.3 Å². The van der Waals surface area contributed by atoms with Gasteiger partial charge in [-0.1, -0.05) is 6.07 Å². The Balaban J connectivity index is 1.45. The Morgan fingerprint density at radius 3 is 2.61 bits per heavy atom. The summed E-state index contributed by atoms with van der Waals surface area (Å²) in [6.07, 6.45) is -2.47. The molecule has 0 saturated heterocycles. The molecule has 200 valence electrons. The lowest BCUT2D eigenvalue weighted by Gasteiger charge is -2.25. The fraction of sp³-hybridized carbons (Fsp3) is 0.296. The van der Waals surface area contributed by atoms with E-state index >= 15 is 0 Å². The number of anilines is 1. The predicted octanol–water partition coefficient (Wildman–Crippen LogP) is 5.20. The fourth-order valence-electron chi connectivity index (χ4n) is 4.36. The molecule has 0 saturated carbocycles. The van der Waals surface area contributed by atoms with Crippen LogP contribution in [0.5, 0.6) is 11.5 Å². The number of halogens is 3. The number of ether oxygens (including phenoxy) is 1. The third-order valence-electron chi connectivity index (χ3n) is 6.35. The van der Waals surface area contributed by atoms with Crippen LogP contribution in [0.4, 0.5) is 23.7 Å². The first-order chi connectivity index (χ1) is 18.0. The highest BCUT2D eigenvalue weighted by Crippen LogP contribution is 2.34. The van der Waals surface area contributed by atoms with Crippen LogP contribution in [0.25, 0.3) is 0 Å². The van der Waals surface area contributed by atoms with Crippen molar-refractivity contribution in [1.29, 1.82) is 0 Å². The van der Waals surface area contributed by atoms with E-state index in [0.29, 0.717) is 36.5 Å². The van der Waals surface area contributed by atoms with E-state index in [1.807, 2.05) is 18.2 Å². The third-order valence-corrected chi connectivity index (χ3v) is 6.35. The molecule has 4 N–H and O–H groups in total. The molecule has 3 aromatic rings. The number of benzene rings is 2. The van der Waals surface area contributed by atoms with E-state index in [9.17, 15) is 22.8 Å². The van der Waals surface area contributed by atoms with Crippen LogP contribution in [0.2, 0.25) is 0 Å². The smallest absolute Gasteiger partial charge is 0.416 e. The second-order valence-corrected chi connectivity index (χ2v) is 9.20. The number of nitrogens with zero attached hydrogens (tertiary/aromatic N) is 2. The number of carbonyl (C=O) groups is 2. The van der Waals surface area contributed by atoms with E-state index in [1.54, 1.807) is 12.1 Å². The first-order valence-electron chi connectivity index (χ1n) is 11.9. The van der Waals surface area contributed by atoms with E-state index in [2.05, 4.69) is 10.3 Å². The van der Waals surface area contributed by atoms with Crippen molar-refractivity contribution in [3.8, 4) is 11.5 Å². The van der Waals surface area contributed by atoms with Crippen molar-refractivity contribution >= 4 is 17.7 Å². The first kappa shape index (κ1) is 26.9. The molecule has 1 aliphatic carbocycles. The van der Waals surface area contributed by atoms with Gasteiger partial charge in [-0.15, -0.1) is 0 Å². The van der Waals surface area contributed by atoms with Crippen molar-refractivity contribution in [2.45, 2.75) is 38.5 Å². The lowest BCUT2D eigenvalue weighted by atomic mass is 9.83. The van der Waals surface area contributed by atoms with Crippen molar-refractivity contribution in [1.82, 2.24) is 9.88 Å². The molecular weight excluding hydrogens is 501 g/mol. The van der Waals surface area contributed by atoms with Crippen LogP contribution >= 0.6 is 0 Å². The number of aromatic nitrogens is 1. The Morgan fingerprint density at radius 2 is 1.89 bits per heavy atom. The number of aryl methyl sites for hydroxylation is 1. The maximum atomic E-state index is 13.3. The largest absolute Gasteiger partial charge is 0.465 e. The summed E-state index contributed by atoms with van der Waals surface area (Å²) in [4.78, 5) is 29.3. The van der Waals surface area contributed by atoms with Gasteiger partial charge in [0.15, 0.2) is 0 Å². The van der Waals surface area contributed by atoms with Gasteiger partial charge in [-0.2, -0.15) is 13.2 Å². The van der Waals surface area contributed by atoms with Crippen LogP contribution in [0, 0.1) is 5.92 Å². The summed E-state index contributed by atoms with van der Waals surface area (Å²) in [6, 6.07) is 12.2. The molecule has 1 aliphatic rings. The molecule has 0 bridgehead atoms. The topological polar surface area (TPSA) is 118 Å².